The molecule has 1 heterocycles. The zero-order valence-corrected chi connectivity index (χ0v) is 12.3. The minimum absolute atomic E-state index is 0.0517. The second kappa shape index (κ2) is 5.52. The first-order valence-electron chi connectivity index (χ1n) is 6.15. The van der Waals surface area contributed by atoms with Gasteiger partial charge in [0.2, 0.25) is 0 Å². The van der Waals surface area contributed by atoms with Gasteiger partial charge in [-0.2, -0.15) is 5.10 Å². The number of sulfonamides is 1. The summed E-state index contributed by atoms with van der Waals surface area (Å²) in [6, 6.07) is 5.32. The number of aromatic nitrogens is 2. The highest BCUT2D eigenvalue weighted by molar-refractivity contribution is 7.92. The molecule has 9 heteroatoms. The average molecular weight is 310 g/mol. The van der Waals surface area contributed by atoms with Gasteiger partial charge in [-0.1, -0.05) is 6.07 Å². The van der Waals surface area contributed by atoms with Crippen molar-refractivity contribution in [3.63, 3.8) is 0 Å². The maximum atomic E-state index is 12.3. The monoisotopic (exact) mass is 310 g/mol. The zero-order valence-electron chi connectivity index (χ0n) is 11.5. The number of benzene rings is 1. The van der Waals surface area contributed by atoms with Crippen molar-refractivity contribution >= 4 is 21.4 Å². The van der Waals surface area contributed by atoms with Gasteiger partial charge in [0.25, 0.3) is 15.7 Å². The van der Waals surface area contributed by atoms with Gasteiger partial charge in [-0.15, -0.1) is 0 Å². The molecule has 1 N–H and O–H groups in total. The van der Waals surface area contributed by atoms with Crippen LogP contribution < -0.4 is 4.72 Å². The Balaban J connectivity index is 2.35. The lowest BCUT2D eigenvalue weighted by atomic mass is 10.3. The molecule has 0 bridgehead atoms. The van der Waals surface area contributed by atoms with E-state index in [0.29, 0.717) is 12.2 Å². The van der Waals surface area contributed by atoms with Crippen LogP contribution in [0.15, 0.2) is 35.4 Å². The maximum absolute atomic E-state index is 12.3. The fourth-order valence-corrected chi connectivity index (χ4v) is 3.06. The fourth-order valence-electron chi connectivity index (χ4n) is 1.82. The summed E-state index contributed by atoms with van der Waals surface area (Å²) < 4.78 is 28.4. The molecule has 0 aliphatic heterocycles. The molecule has 0 radical (unpaired) electrons. The van der Waals surface area contributed by atoms with Crippen molar-refractivity contribution in [2.24, 2.45) is 0 Å². The van der Waals surface area contributed by atoms with Gasteiger partial charge in [-0.25, -0.2) is 8.42 Å². The van der Waals surface area contributed by atoms with Gasteiger partial charge < -0.3 is 0 Å². The number of hydrogen-bond acceptors (Lipinski definition) is 5. The quantitative estimate of drug-likeness (QED) is 0.670. The predicted molar refractivity (Wildman–Crippen MR) is 76.5 cm³/mol. The third-order valence-corrected chi connectivity index (χ3v) is 4.31. The number of anilines is 1. The van der Waals surface area contributed by atoms with E-state index in [0.717, 1.165) is 6.07 Å². The Bertz CT molecular complexity index is 782. The highest BCUT2D eigenvalue weighted by Crippen LogP contribution is 2.22. The Morgan fingerprint density at radius 3 is 2.71 bits per heavy atom. The lowest BCUT2D eigenvalue weighted by Gasteiger charge is -2.06. The maximum Gasteiger partial charge on any atom is 0.271 e. The Morgan fingerprint density at radius 2 is 2.14 bits per heavy atom. The molecule has 0 fully saturated rings. The summed E-state index contributed by atoms with van der Waals surface area (Å²) in [5, 5.41) is 14.8. The average Bonchev–Trinajstić information content (AvgIpc) is 2.80. The molecule has 0 unspecified atom stereocenters. The van der Waals surface area contributed by atoms with Gasteiger partial charge in [-0.3, -0.25) is 19.5 Å². The Morgan fingerprint density at radius 1 is 1.43 bits per heavy atom. The number of nitrogens with zero attached hydrogens (tertiary/aromatic N) is 3. The van der Waals surface area contributed by atoms with E-state index in [1.54, 1.807) is 6.92 Å². The highest BCUT2D eigenvalue weighted by atomic mass is 32.2. The number of aryl methyl sites for hydroxylation is 2. The topological polar surface area (TPSA) is 107 Å². The largest absolute Gasteiger partial charge is 0.279 e. The van der Waals surface area contributed by atoms with Gasteiger partial charge in [0.15, 0.2) is 0 Å². The molecule has 1 aromatic heterocycles. The number of nitrogens with one attached hydrogen (secondary N) is 1. The van der Waals surface area contributed by atoms with E-state index in [1.807, 2.05) is 6.92 Å². The van der Waals surface area contributed by atoms with Crippen LogP contribution in [0.2, 0.25) is 0 Å². The third kappa shape index (κ3) is 3.19. The molecule has 0 spiro atoms. The molecule has 0 saturated heterocycles. The second-order valence-electron chi connectivity index (χ2n) is 4.35. The summed E-state index contributed by atoms with van der Waals surface area (Å²) >= 11 is 0. The zero-order chi connectivity index (χ0) is 15.6. The van der Waals surface area contributed by atoms with Gasteiger partial charge in [0.05, 0.1) is 16.3 Å². The second-order valence-corrected chi connectivity index (χ2v) is 6.00. The number of rotatable bonds is 5. The number of non-ortho nitro benzene ring substituents is 1. The van der Waals surface area contributed by atoms with Crippen molar-refractivity contribution in [2.75, 3.05) is 4.72 Å². The van der Waals surface area contributed by atoms with Gasteiger partial charge in [0, 0.05) is 24.9 Å². The molecular weight excluding hydrogens is 296 g/mol. The SMILES string of the molecule is CCn1cc(S(=O)(=O)Nc2cccc([N+](=O)[O-])c2)c(C)n1. The van der Waals surface area contributed by atoms with E-state index in [4.69, 9.17) is 0 Å². The van der Waals surface area contributed by atoms with E-state index < -0.39 is 14.9 Å². The van der Waals surface area contributed by atoms with E-state index in [1.165, 1.54) is 29.1 Å². The Kier molecular flexibility index (Phi) is 3.94. The molecule has 8 nitrogen and oxygen atoms in total. The molecule has 112 valence electrons. The minimum Gasteiger partial charge on any atom is -0.279 e. The summed E-state index contributed by atoms with van der Waals surface area (Å²) in [4.78, 5) is 10.2. The summed E-state index contributed by atoms with van der Waals surface area (Å²) in [7, 11) is -3.83. The molecule has 0 aliphatic rings. The van der Waals surface area contributed by atoms with Crippen LogP contribution in [0.1, 0.15) is 12.6 Å². The minimum atomic E-state index is -3.83. The van der Waals surface area contributed by atoms with Crippen LogP contribution in [0.4, 0.5) is 11.4 Å². The van der Waals surface area contributed by atoms with Crippen LogP contribution in [-0.4, -0.2) is 23.1 Å². The van der Waals surface area contributed by atoms with Crippen molar-refractivity contribution in [1.29, 1.82) is 0 Å². The van der Waals surface area contributed by atoms with Crippen molar-refractivity contribution in [3.05, 3.63) is 46.3 Å². The molecular formula is C12H14N4O4S. The lowest BCUT2D eigenvalue weighted by molar-refractivity contribution is -0.384. The van der Waals surface area contributed by atoms with Crippen LogP contribution in [0, 0.1) is 17.0 Å². The highest BCUT2D eigenvalue weighted by Gasteiger charge is 2.21. The molecule has 2 rings (SSSR count). The standard InChI is InChI=1S/C12H14N4O4S/c1-3-15-8-12(9(2)13-15)21(19,20)14-10-5-4-6-11(7-10)16(17)18/h4-8,14H,3H2,1-2H3. The van der Waals surface area contributed by atoms with E-state index in [-0.39, 0.29) is 16.3 Å². The first-order valence-corrected chi connectivity index (χ1v) is 7.63. The van der Waals surface area contributed by atoms with Crippen molar-refractivity contribution in [1.82, 2.24) is 9.78 Å². The summed E-state index contributed by atoms with van der Waals surface area (Å²) in [6.07, 6.45) is 1.43. The smallest absolute Gasteiger partial charge is 0.271 e. The first kappa shape index (κ1) is 15.0. The van der Waals surface area contributed by atoms with E-state index in [2.05, 4.69) is 9.82 Å². The van der Waals surface area contributed by atoms with Crippen LogP contribution in [0.25, 0.3) is 0 Å². The van der Waals surface area contributed by atoms with Gasteiger partial charge in [0.1, 0.15) is 4.90 Å². The van der Waals surface area contributed by atoms with Gasteiger partial charge in [-0.05, 0) is 19.9 Å². The third-order valence-electron chi connectivity index (χ3n) is 2.82. The molecule has 0 aliphatic carbocycles. The van der Waals surface area contributed by atoms with Crippen molar-refractivity contribution < 1.29 is 13.3 Å². The number of nitro groups is 1. The van der Waals surface area contributed by atoms with Crippen molar-refractivity contribution in [3.8, 4) is 0 Å². The van der Waals surface area contributed by atoms with Crippen LogP contribution in [0.5, 0.6) is 0 Å². The lowest BCUT2D eigenvalue weighted by Crippen LogP contribution is -2.13. The summed E-state index contributed by atoms with van der Waals surface area (Å²) in [6.45, 7) is 3.98. The Labute approximate surface area is 121 Å². The predicted octanol–water partition coefficient (Wildman–Crippen LogP) is 1.92. The van der Waals surface area contributed by atoms with Crippen LogP contribution in [-0.2, 0) is 16.6 Å². The molecule has 0 saturated carbocycles. The van der Waals surface area contributed by atoms with Gasteiger partial charge >= 0.3 is 0 Å². The molecule has 1 aromatic carbocycles. The fraction of sp³-hybridized carbons (Fsp3) is 0.250. The molecule has 0 atom stereocenters. The van der Waals surface area contributed by atoms with E-state index in [9.17, 15) is 18.5 Å². The Hall–Kier alpha value is -2.42. The van der Waals surface area contributed by atoms with E-state index >= 15 is 0 Å². The number of nitro benzene ring substituents is 1. The van der Waals surface area contributed by atoms with Crippen LogP contribution in [0.3, 0.4) is 0 Å². The first-order chi connectivity index (χ1) is 9.83. The molecule has 2 aromatic rings. The molecule has 0 amide bonds. The molecule has 21 heavy (non-hydrogen) atoms. The summed E-state index contributed by atoms with van der Waals surface area (Å²) in [5.41, 5.74) is 0.318. The van der Waals surface area contributed by atoms with Crippen molar-refractivity contribution in [2.45, 2.75) is 25.3 Å². The van der Waals surface area contributed by atoms with Crippen LogP contribution >= 0.6 is 0 Å². The number of hydrogen-bond donors (Lipinski definition) is 1. The summed E-state index contributed by atoms with van der Waals surface area (Å²) in [5.74, 6) is 0. The normalized spacial score (nSPS) is 11.3.